The van der Waals surface area contributed by atoms with E-state index < -0.39 is 7.60 Å². The molecule has 0 aliphatic heterocycles. The Morgan fingerprint density at radius 1 is 1.38 bits per heavy atom. The topological polar surface area (TPSA) is 49.4 Å². The van der Waals surface area contributed by atoms with Crippen molar-refractivity contribution in [3.63, 3.8) is 0 Å². The van der Waals surface area contributed by atoms with Gasteiger partial charge in [-0.1, -0.05) is 19.3 Å². The van der Waals surface area contributed by atoms with Gasteiger partial charge in [0.15, 0.2) is 0 Å². The fourth-order valence-corrected chi connectivity index (χ4v) is 3.25. The Morgan fingerprint density at radius 3 is 2.38 bits per heavy atom. The molecular weight excluding hydrogens is 198 g/mol. The second-order valence-corrected chi connectivity index (χ2v) is 5.32. The number of hydrogen-bond donors (Lipinski definition) is 0. The van der Waals surface area contributed by atoms with Crippen LogP contribution in [-0.2, 0) is 9.09 Å². The van der Waals surface area contributed by atoms with Gasteiger partial charge in [-0.15, -0.1) is 0 Å². The summed E-state index contributed by atoms with van der Waals surface area (Å²) < 4.78 is 16.2. The first-order chi connectivity index (χ1) is 5.67. The molecule has 72 valence electrons. The van der Waals surface area contributed by atoms with Crippen LogP contribution >= 0.6 is 7.60 Å². The average Bonchev–Trinajstić information content (AvgIpc) is 2.06. The normalized spacial score (nSPS) is 23.2. The van der Waals surface area contributed by atoms with Crippen LogP contribution in [0.3, 0.4) is 0 Å². The first-order valence-corrected chi connectivity index (χ1v) is 6.23. The van der Waals surface area contributed by atoms with E-state index in [1.54, 1.807) is 6.92 Å². The molecule has 0 amide bonds. The van der Waals surface area contributed by atoms with E-state index in [0.29, 0.717) is 0 Å². The fourth-order valence-electron chi connectivity index (χ4n) is 1.68. The Balaban J connectivity index is 0.00000144. The van der Waals surface area contributed by atoms with Crippen LogP contribution < -0.4 is 34.5 Å². The molecule has 0 radical (unpaired) electrons. The van der Waals surface area contributed by atoms with Gasteiger partial charge in [-0.05, 0) is 19.8 Å². The summed E-state index contributed by atoms with van der Waals surface area (Å²) in [4.78, 5) is 11.4. The average molecular weight is 214 g/mol. The van der Waals surface area contributed by atoms with Gasteiger partial charge in [-0.2, -0.15) is 0 Å². The van der Waals surface area contributed by atoms with Gasteiger partial charge in [-0.25, -0.2) is 0 Å². The zero-order valence-electron chi connectivity index (χ0n) is 8.49. The van der Waals surface area contributed by atoms with Crippen molar-refractivity contribution in [3.8, 4) is 0 Å². The van der Waals surface area contributed by atoms with Crippen LogP contribution in [0.5, 0.6) is 0 Å². The van der Waals surface area contributed by atoms with Gasteiger partial charge < -0.3 is 14.0 Å². The largest absolute Gasteiger partial charge is 1.00 e. The summed E-state index contributed by atoms with van der Waals surface area (Å²) in [5.74, 6) is 0. The van der Waals surface area contributed by atoms with Crippen molar-refractivity contribution < 1.29 is 43.5 Å². The fraction of sp³-hybridized carbons (Fsp3) is 1.00. The van der Waals surface area contributed by atoms with Crippen molar-refractivity contribution in [3.05, 3.63) is 0 Å². The molecule has 1 aliphatic rings. The second kappa shape index (κ2) is 6.60. The van der Waals surface area contributed by atoms with Crippen LogP contribution in [0, 0.1) is 0 Å². The van der Waals surface area contributed by atoms with Gasteiger partial charge in [0.25, 0.3) is 0 Å². The zero-order chi connectivity index (χ0) is 9.03. The molecule has 1 saturated carbocycles. The minimum Gasteiger partial charge on any atom is -0.778 e. The third-order valence-electron chi connectivity index (χ3n) is 2.33. The summed E-state index contributed by atoms with van der Waals surface area (Å²) in [5.41, 5.74) is -0.203. The van der Waals surface area contributed by atoms with Crippen LogP contribution in [0.4, 0.5) is 0 Å². The van der Waals surface area contributed by atoms with Crippen LogP contribution in [-0.4, -0.2) is 12.3 Å². The summed E-state index contributed by atoms with van der Waals surface area (Å²) >= 11 is 0. The molecule has 0 N–H and O–H groups in total. The van der Waals surface area contributed by atoms with E-state index in [-0.39, 0.29) is 41.8 Å². The Morgan fingerprint density at radius 2 is 1.92 bits per heavy atom. The van der Waals surface area contributed by atoms with Gasteiger partial charge in [0.05, 0.1) is 6.61 Å². The van der Waals surface area contributed by atoms with E-state index in [1.165, 1.54) is 6.42 Å². The van der Waals surface area contributed by atoms with Gasteiger partial charge in [-0.3, -0.25) is 0 Å². The summed E-state index contributed by atoms with van der Waals surface area (Å²) in [7, 11) is -3.52. The molecule has 0 aromatic rings. The zero-order valence-corrected chi connectivity index (χ0v) is 11.4. The van der Waals surface area contributed by atoms with Crippen molar-refractivity contribution in [2.45, 2.75) is 44.7 Å². The number of rotatable bonds is 3. The van der Waals surface area contributed by atoms with E-state index in [1.807, 2.05) is 0 Å². The summed E-state index contributed by atoms with van der Waals surface area (Å²) in [6.45, 7) is 1.99. The quantitative estimate of drug-likeness (QED) is 0.443. The first-order valence-electron chi connectivity index (χ1n) is 4.62. The second-order valence-electron chi connectivity index (χ2n) is 3.25. The molecule has 0 aromatic carbocycles. The smallest absolute Gasteiger partial charge is 0.778 e. The molecule has 1 unspecified atom stereocenters. The summed E-state index contributed by atoms with van der Waals surface area (Å²) in [5, 5.41) is 0. The third kappa shape index (κ3) is 4.46. The molecule has 5 heteroatoms. The Labute approximate surface area is 102 Å². The Hall–Kier alpha value is 1.15. The van der Waals surface area contributed by atoms with Gasteiger partial charge in [0.1, 0.15) is 7.60 Å². The molecule has 1 aliphatic carbocycles. The minimum atomic E-state index is -3.52. The van der Waals surface area contributed by atoms with E-state index in [4.69, 9.17) is 4.52 Å². The molecule has 3 nitrogen and oxygen atoms in total. The Bertz CT molecular complexity index is 180. The van der Waals surface area contributed by atoms with E-state index >= 15 is 0 Å². The Kier molecular flexibility index (Phi) is 7.18. The minimum absolute atomic E-state index is 0. The van der Waals surface area contributed by atoms with Crippen molar-refractivity contribution in [2.24, 2.45) is 0 Å². The standard InChI is InChI=1S/C8H17O3P.Na/c1-2-11-12(9,10)8-6-4-3-5-7-8;/h8H,2-7H2,1H3,(H,9,10);/q;+1/p-1. The molecule has 0 bridgehead atoms. The maximum Gasteiger partial charge on any atom is 1.00 e. The van der Waals surface area contributed by atoms with E-state index in [2.05, 4.69) is 0 Å². The van der Waals surface area contributed by atoms with Gasteiger partial charge in [0.2, 0.25) is 0 Å². The van der Waals surface area contributed by atoms with Crippen molar-refractivity contribution in [1.29, 1.82) is 0 Å². The third-order valence-corrected chi connectivity index (χ3v) is 4.36. The molecular formula is C8H16NaO3P. The molecule has 13 heavy (non-hydrogen) atoms. The molecule has 0 aromatic heterocycles. The first kappa shape index (κ1) is 14.2. The van der Waals surface area contributed by atoms with Crippen molar-refractivity contribution in [1.82, 2.24) is 0 Å². The maximum atomic E-state index is 11.4. The molecule has 0 heterocycles. The van der Waals surface area contributed by atoms with Crippen LogP contribution in [0.2, 0.25) is 0 Å². The van der Waals surface area contributed by atoms with E-state index in [0.717, 1.165) is 25.7 Å². The molecule has 1 atom stereocenters. The van der Waals surface area contributed by atoms with Gasteiger partial charge >= 0.3 is 29.6 Å². The molecule has 0 spiro atoms. The predicted octanol–water partition coefficient (Wildman–Crippen LogP) is -1.09. The van der Waals surface area contributed by atoms with Crippen LogP contribution in [0.25, 0.3) is 0 Å². The number of hydrogen-bond acceptors (Lipinski definition) is 3. The van der Waals surface area contributed by atoms with Crippen LogP contribution in [0.15, 0.2) is 0 Å². The van der Waals surface area contributed by atoms with Crippen LogP contribution in [0.1, 0.15) is 39.0 Å². The van der Waals surface area contributed by atoms with Crippen molar-refractivity contribution >= 4 is 7.60 Å². The van der Waals surface area contributed by atoms with Gasteiger partial charge in [0, 0.05) is 5.66 Å². The molecule has 0 saturated heterocycles. The predicted molar refractivity (Wildman–Crippen MR) is 46.1 cm³/mol. The summed E-state index contributed by atoms with van der Waals surface area (Å²) in [6.07, 6.45) is 4.82. The summed E-state index contributed by atoms with van der Waals surface area (Å²) in [6, 6.07) is 0. The monoisotopic (exact) mass is 214 g/mol. The molecule has 1 fully saturated rings. The maximum absolute atomic E-state index is 11.4. The molecule has 1 rings (SSSR count). The van der Waals surface area contributed by atoms with E-state index in [9.17, 15) is 9.46 Å². The van der Waals surface area contributed by atoms with Crippen molar-refractivity contribution in [2.75, 3.05) is 6.61 Å². The SMILES string of the molecule is CCOP(=O)([O-])C1CCCCC1.[Na+].